The molecule has 0 unspecified atom stereocenters. The molecule has 1 saturated heterocycles. The van der Waals surface area contributed by atoms with Gasteiger partial charge in [0.05, 0.1) is 5.60 Å². The lowest BCUT2D eigenvalue weighted by molar-refractivity contribution is -0.0640. The molecule has 0 spiro atoms. The molecule has 1 fully saturated rings. The molecule has 0 aromatic heterocycles. The van der Waals surface area contributed by atoms with E-state index >= 15 is 0 Å². The van der Waals surface area contributed by atoms with Gasteiger partial charge >= 0.3 is 0 Å². The third kappa shape index (κ3) is 4.80. The molecule has 0 saturated carbocycles. The van der Waals surface area contributed by atoms with Crippen LogP contribution in [0.4, 0.5) is 0 Å². The fourth-order valence-corrected chi connectivity index (χ4v) is 2.23. The van der Waals surface area contributed by atoms with Crippen LogP contribution in [0.3, 0.4) is 0 Å². The number of hydrogen-bond acceptors (Lipinski definition) is 2. The van der Waals surface area contributed by atoms with Gasteiger partial charge in [0.2, 0.25) is 0 Å². The first kappa shape index (κ1) is 12.7. The Hall–Kier alpha value is -0.340. The lowest BCUT2D eigenvalue weighted by atomic mass is 9.93. The van der Waals surface area contributed by atoms with Crippen LogP contribution in [0.1, 0.15) is 46.5 Å². The molecule has 1 heterocycles. The molecular weight excluding hydrogens is 186 g/mol. The van der Waals surface area contributed by atoms with Crippen molar-refractivity contribution >= 4 is 0 Å². The Bertz CT molecular complexity index is 201. The summed E-state index contributed by atoms with van der Waals surface area (Å²) in [6.07, 6.45) is 6.53. The van der Waals surface area contributed by atoms with Crippen molar-refractivity contribution in [3.05, 3.63) is 12.7 Å². The number of allylic oxidation sites excluding steroid dienone is 1. The van der Waals surface area contributed by atoms with Crippen molar-refractivity contribution in [3.8, 4) is 0 Å². The summed E-state index contributed by atoms with van der Waals surface area (Å²) < 4.78 is 5.70. The summed E-state index contributed by atoms with van der Waals surface area (Å²) in [5.41, 5.74) is 0.0497. The van der Waals surface area contributed by atoms with Crippen LogP contribution in [0.15, 0.2) is 12.7 Å². The van der Waals surface area contributed by atoms with E-state index in [0.717, 1.165) is 25.9 Å². The maximum Gasteiger partial charge on any atom is 0.0641 e. The molecule has 0 aliphatic carbocycles. The predicted octanol–water partition coefficient (Wildman–Crippen LogP) is 2.89. The van der Waals surface area contributed by atoms with E-state index < -0.39 is 0 Å². The predicted molar refractivity (Wildman–Crippen MR) is 65.1 cm³/mol. The fourth-order valence-electron chi connectivity index (χ4n) is 2.23. The fraction of sp³-hybridized carbons (Fsp3) is 0.846. The Morgan fingerprint density at radius 1 is 1.60 bits per heavy atom. The van der Waals surface area contributed by atoms with Crippen LogP contribution >= 0.6 is 0 Å². The Kier molecular flexibility index (Phi) is 4.81. The molecule has 1 rings (SSSR count). The van der Waals surface area contributed by atoms with Gasteiger partial charge in [-0.3, -0.25) is 0 Å². The molecular formula is C13H25NO. The maximum atomic E-state index is 5.70. The Balaban J connectivity index is 2.28. The third-order valence-electron chi connectivity index (χ3n) is 3.02. The van der Waals surface area contributed by atoms with E-state index in [1.807, 2.05) is 6.08 Å². The van der Waals surface area contributed by atoms with Gasteiger partial charge in [-0.1, -0.05) is 6.08 Å². The minimum Gasteiger partial charge on any atom is -0.375 e. The molecule has 2 atom stereocenters. The maximum absolute atomic E-state index is 5.70. The zero-order valence-corrected chi connectivity index (χ0v) is 10.4. The van der Waals surface area contributed by atoms with Gasteiger partial charge in [-0.05, 0) is 46.5 Å². The highest BCUT2D eigenvalue weighted by atomic mass is 16.5. The van der Waals surface area contributed by atoms with Crippen LogP contribution in [-0.2, 0) is 4.74 Å². The van der Waals surface area contributed by atoms with Crippen LogP contribution < -0.4 is 5.32 Å². The standard InChI is InChI=1S/C13H25NO/c1-5-6-7-11(2)14-12-8-9-15-13(3,4)10-12/h5,11-12,14H,1,6-10H2,2-4H3/t11-,12+/m1/s1. The van der Waals surface area contributed by atoms with E-state index in [1.54, 1.807) is 0 Å². The lowest BCUT2D eigenvalue weighted by Gasteiger charge is -2.37. The molecule has 2 heteroatoms. The second-order valence-corrected chi connectivity index (χ2v) is 5.23. The first-order valence-electron chi connectivity index (χ1n) is 6.04. The van der Waals surface area contributed by atoms with Crippen LogP contribution in [0.5, 0.6) is 0 Å². The SMILES string of the molecule is C=CCC[C@@H](C)N[C@H]1CCOC(C)(C)C1. The van der Waals surface area contributed by atoms with Gasteiger partial charge in [-0.2, -0.15) is 0 Å². The summed E-state index contributed by atoms with van der Waals surface area (Å²) in [4.78, 5) is 0. The first-order valence-corrected chi connectivity index (χ1v) is 6.04. The van der Waals surface area contributed by atoms with Crippen molar-refractivity contribution in [3.63, 3.8) is 0 Å². The highest BCUT2D eigenvalue weighted by molar-refractivity contribution is 4.84. The van der Waals surface area contributed by atoms with E-state index in [2.05, 4.69) is 32.7 Å². The van der Waals surface area contributed by atoms with Crippen LogP contribution in [0.25, 0.3) is 0 Å². The van der Waals surface area contributed by atoms with Crippen LogP contribution in [-0.4, -0.2) is 24.3 Å². The van der Waals surface area contributed by atoms with Gasteiger partial charge < -0.3 is 10.1 Å². The summed E-state index contributed by atoms with van der Waals surface area (Å²) in [5, 5.41) is 3.68. The summed E-state index contributed by atoms with van der Waals surface area (Å²) >= 11 is 0. The number of nitrogens with one attached hydrogen (secondary N) is 1. The Morgan fingerprint density at radius 2 is 2.33 bits per heavy atom. The third-order valence-corrected chi connectivity index (χ3v) is 3.02. The monoisotopic (exact) mass is 211 g/mol. The van der Waals surface area contributed by atoms with E-state index in [9.17, 15) is 0 Å². The van der Waals surface area contributed by atoms with E-state index in [4.69, 9.17) is 4.74 Å². The van der Waals surface area contributed by atoms with E-state index in [1.165, 1.54) is 6.42 Å². The molecule has 88 valence electrons. The summed E-state index contributed by atoms with van der Waals surface area (Å²) in [5.74, 6) is 0. The van der Waals surface area contributed by atoms with E-state index in [-0.39, 0.29) is 5.60 Å². The topological polar surface area (TPSA) is 21.3 Å². The molecule has 0 bridgehead atoms. The molecule has 2 nitrogen and oxygen atoms in total. The van der Waals surface area contributed by atoms with Gasteiger partial charge in [0.15, 0.2) is 0 Å². The average molecular weight is 211 g/mol. The molecule has 15 heavy (non-hydrogen) atoms. The molecule has 0 aromatic rings. The lowest BCUT2D eigenvalue weighted by Crippen LogP contribution is -2.46. The zero-order chi connectivity index (χ0) is 11.3. The normalized spacial score (nSPS) is 27.3. The molecule has 1 aliphatic heterocycles. The number of ether oxygens (including phenoxy) is 1. The quantitative estimate of drug-likeness (QED) is 0.706. The molecule has 1 N–H and O–H groups in total. The largest absolute Gasteiger partial charge is 0.375 e. The Morgan fingerprint density at radius 3 is 2.93 bits per heavy atom. The van der Waals surface area contributed by atoms with Crippen molar-refractivity contribution in [1.82, 2.24) is 5.32 Å². The summed E-state index contributed by atoms with van der Waals surface area (Å²) in [6, 6.07) is 1.20. The molecule has 0 amide bonds. The molecule has 0 aromatic carbocycles. The Labute approximate surface area is 94.1 Å². The van der Waals surface area contributed by atoms with Crippen molar-refractivity contribution in [2.24, 2.45) is 0 Å². The molecule has 1 aliphatic rings. The highest BCUT2D eigenvalue weighted by Crippen LogP contribution is 2.24. The first-order chi connectivity index (χ1) is 7.03. The second kappa shape index (κ2) is 5.66. The average Bonchev–Trinajstić information content (AvgIpc) is 2.13. The van der Waals surface area contributed by atoms with E-state index in [0.29, 0.717) is 12.1 Å². The number of rotatable bonds is 5. The summed E-state index contributed by atoms with van der Waals surface area (Å²) in [7, 11) is 0. The second-order valence-electron chi connectivity index (χ2n) is 5.23. The minimum atomic E-state index is 0.0497. The highest BCUT2D eigenvalue weighted by Gasteiger charge is 2.28. The smallest absolute Gasteiger partial charge is 0.0641 e. The minimum absolute atomic E-state index is 0.0497. The van der Waals surface area contributed by atoms with Crippen molar-refractivity contribution < 1.29 is 4.74 Å². The number of hydrogen-bond donors (Lipinski definition) is 1. The molecule has 0 radical (unpaired) electrons. The van der Waals surface area contributed by atoms with Crippen molar-refractivity contribution in [2.45, 2.75) is 64.1 Å². The van der Waals surface area contributed by atoms with Gasteiger partial charge in [-0.15, -0.1) is 6.58 Å². The van der Waals surface area contributed by atoms with Crippen LogP contribution in [0.2, 0.25) is 0 Å². The van der Waals surface area contributed by atoms with Gasteiger partial charge in [0.25, 0.3) is 0 Å². The van der Waals surface area contributed by atoms with Gasteiger partial charge in [-0.25, -0.2) is 0 Å². The zero-order valence-electron chi connectivity index (χ0n) is 10.4. The van der Waals surface area contributed by atoms with Crippen LogP contribution in [0, 0.1) is 0 Å². The van der Waals surface area contributed by atoms with Crippen molar-refractivity contribution in [2.75, 3.05) is 6.61 Å². The van der Waals surface area contributed by atoms with Crippen molar-refractivity contribution in [1.29, 1.82) is 0 Å². The summed E-state index contributed by atoms with van der Waals surface area (Å²) in [6.45, 7) is 11.3. The van der Waals surface area contributed by atoms with Gasteiger partial charge in [0, 0.05) is 18.7 Å². The van der Waals surface area contributed by atoms with Gasteiger partial charge in [0.1, 0.15) is 0 Å².